The molecule has 6 nitrogen and oxygen atoms in total. The highest BCUT2D eigenvalue weighted by atomic mass is 16.5. The fourth-order valence-corrected chi connectivity index (χ4v) is 3.09. The molecule has 0 fully saturated rings. The number of methoxy groups -OCH3 is 1. The standard InChI is InChI=1S/C23H19N3O3/c1-29-18-10-7-16(8-11-18)24-23(28)25-17-9-12-21-19(14-17)20(22(27)26-21)13-15-5-3-2-4-6-15/h2-14H,1H3,(H,26,27)(H2,24,25,28)/b20-13+. The number of amides is 3. The van der Waals surface area contributed by atoms with Crippen LogP contribution >= 0.6 is 0 Å². The van der Waals surface area contributed by atoms with Crippen molar-refractivity contribution in [1.29, 1.82) is 0 Å². The molecule has 3 aromatic carbocycles. The van der Waals surface area contributed by atoms with Crippen LogP contribution in [0.2, 0.25) is 0 Å². The van der Waals surface area contributed by atoms with Gasteiger partial charge in [-0.1, -0.05) is 30.3 Å². The molecular formula is C23H19N3O3. The van der Waals surface area contributed by atoms with Crippen molar-refractivity contribution < 1.29 is 14.3 Å². The number of anilines is 3. The molecular weight excluding hydrogens is 366 g/mol. The van der Waals surface area contributed by atoms with E-state index in [1.54, 1.807) is 49.6 Å². The highest BCUT2D eigenvalue weighted by Gasteiger charge is 2.24. The molecule has 4 rings (SSSR count). The second-order valence-electron chi connectivity index (χ2n) is 6.49. The molecule has 3 N–H and O–H groups in total. The van der Waals surface area contributed by atoms with Gasteiger partial charge in [-0.3, -0.25) is 4.79 Å². The third kappa shape index (κ3) is 4.11. The minimum Gasteiger partial charge on any atom is -0.497 e. The van der Waals surface area contributed by atoms with Gasteiger partial charge >= 0.3 is 6.03 Å². The third-order valence-electron chi connectivity index (χ3n) is 4.52. The van der Waals surface area contributed by atoms with Gasteiger partial charge in [0, 0.05) is 28.2 Å². The van der Waals surface area contributed by atoms with Crippen molar-refractivity contribution >= 4 is 40.6 Å². The quantitative estimate of drug-likeness (QED) is 0.563. The van der Waals surface area contributed by atoms with Crippen LogP contribution in [0.15, 0.2) is 72.8 Å². The summed E-state index contributed by atoms with van der Waals surface area (Å²) in [6.45, 7) is 0. The normalized spacial score (nSPS) is 13.6. The lowest BCUT2D eigenvalue weighted by Crippen LogP contribution is -2.19. The molecule has 144 valence electrons. The number of benzene rings is 3. The monoisotopic (exact) mass is 385 g/mol. The van der Waals surface area contributed by atoms with Crippen molar-refractivity contribution in [3.63, 3.8) is 0 Å². The van der Waals surface area contributed by atoms with E-state index in [1.807, 2.05) is 36.4 Å². The van der Waals surface area contributed by atoms with E-state index in [9.17, 15) is 9.59 Å². The first-order valence-corrected chi connectivity index (χ1v) is 9.07. The minimum atomic E-state index is -0.374. The number of hydrogen-bond acceptors (Lipinski definition) is 3. The number of carbonyl (C=O) groups excluding carboxylic acids is 2. The number of hydrogen-bond donors (Lipinski definition) is 3. The van der Waals surface area contributed by atoms with E-state index in [4.69, 9.17) is 4.74 Å². The molecule has 0 aromatic heterocycles. The fraction of sp³-hybridized carbons (Fsp3) is 0.0435. The number of fused-ring (bicyclic) bond motifs is 1. The summed E-state index contributed by atoms with van der Waals surface area (Å²) in [6, 6.07) is 21.6. The molecule has 1 aliphatic rings. The predicted octanol–water partition coefficient (Wildman–Crippen LogP) is 4.83. The Balaban J connectivity index is 1.52. The molecule has 3 aromatic rings. The Kier molecular flexibility index (Phi) is 4.99. The van der Waals surface area contributed by atoms with Crippen LogP contribution in [0.5, 0.6) is 5.75 Å². The second kappa shape index (κ2) is 7.90. The zero-order valence-electron chi connectivity index (χ0n) is 15.7. The lowest BCUT2D eigenvalue weighted by Gasteiger charge is -2.09. The largest absolute Gasteiger partial charge is 0.497 e. The first-order chi connectivity index (χ1) is 14.1. The molecule has 0 aliphatic carbocycles. The van der Waals surface area contributed by atoms with E-state index in [-0.39, 0.29) is 11.9 Å². The Labute approximate surface area is 168 Å². The second-order valence-corrected chi connectivity index (χ2v) is 6.49. The topological polar surface area (TPSA) is 79.5 Å². The molecule has 29 heavy (non-hydrogen) atoms. The number of ether oxygens (including phenoxy) is 1. The molecule has 1 aliphatic heterocycles. The van der Waals surface area contributed by atoms with E-state index >= 15 is 0 Å². The summed E-state index contributed by atoms with van der Waals surface area (Å²) < 4.78 is 5.11. The zero-order valence-corrected chi connectivity index (χ0v) is 15.7. The molecule has 3 amide bonds. The van der Waals surface area contributed by atoms with E-state index in [0.717, 1.165) is 16.8 Å². The van der Waals surface area contributed by atoms with Gasteiger partial charge < -0.3 is 20.7 Å². The first-order valence-electron chi connectivity index (χ1n) is 9.07. The van der Waals surface area contributed by atoms with Gasteiger partial charge in [-0.15, -0.1) is 0 Å². The Bertz CT molecular complexity index is 1090. The van der Waals surface area contributed by atoms with Gasteiger partial charge in [-0.05, 0) is 54.1 Å². The van der Waals surface area contributed by atoms with Crippen LogP contribution in [-0.2, 0) is 4.79 Å². The SMILES string of the molecule is COc1ccc(NC(=O)Nc2ccc3c(c2)/C(=C\c2ccccc2)C(=O)N3)cc1. The van der Waals surface area contributed by atoms with Crippen LogP contribution in [0.3, 0.4) is 0 Å². The van der Waals surface area contributed by atoms with Crippen molar-refractivity contribution in [2.24, 2.45) is 0 Å². The molecule has 0 saturated heterocycles. The van der Waals surface area contributed by atoms with Crippen molar-refractivity contribution in [1.82, 2.24) is 0 Å². The van der Waals surface area contributed by atoms with Crippen LogP contribution < -0.4 is 20.7 Å². The Morgan fingerprint density at radius 1 is 0.931 bits per heavy atom. The van der Waals surface area contributed by atoms with Gasteiger partial charge in [0.15, 0.2) is 0 Å². The molecule has 6 heteroatoms. The van der Waals surface area contributed by atoms with Crippen LogP contribution in [0.4, 0.5) is 21.9 Å². The number of rotatable bonds is 4. The van der Waals surface area contributed by atoms with Crippen molar-refractivity contribution in [3.05, 3.63) is 83.9 Å². The van der Waals surface area contributed by atoms with E-state index in [2.05, 4.69) is 16.0 Å². The maximum absolute atomic E-state index is 12.4. The van der Waals surface area contributed by atoms with Gasteiger partial charge in [-0.2, -0.15) is 0 Å². The molecule has 0 bridgehead atoms. The molecule has 1 heterocycles. The van der Waals surface area contributed by atoms with Crippen LogP contribution in [0.25, 0.3) is 11.6 Å². The summed E-state index contributed by atoms with van der Waals surface area (Å²) in [7, 11) is 1.59. The maximum atomic E-state index is 12.4. The average molecular weight is 385 g/mol. The summed E-state index contributed by atoms with van der Waals surface area (Å²) in [5.74, 6) is 0.549. The van der Waals surface area contributed by atoms with Gasteiger partial charge in [0.25, 0.3) is 5.91 Å². The zero-order chi connectivity index (χ0) is 20.2. The van der Waals surface area contributed by atoms with Gasteiger partial charge in [0.2, 0.25) is 0 Å². The lowest BCUT2D eigenvalue weighted by atomic mass is 10.0. The third-order valence-corrected chi connectivity index (χ3v) is 4.52. The lowest BCUT2D eigenvalue weighted by molar-refractivity contribution is -0.110. The van der Waals surface area contributed by atoms with Crippen molar-refractivity contribution in [3.8, 4) is 5.75 Å². The van der Waals surface area contributed by atoms with Gasteiger partial charge in [0.05, 0.1) is 7.11 Å². The fourth-order valence-electron chi connectivity index (χ4n) is 3.09. The van der Waals surface area contributed by atoms with E-state index < -0.39 is 0 Å². The van der Waals surface area contributed by atoms with E-state index in [1.165, 1.54) is 0 Å². The minimum absolute atomic E-state index is 0.163. The summed E-state index contributed by atoms with van der Waals surface area (Å²) in [4.78, 5) is 24.7. The van der Waals surface area contributed by atoms with Crippen molar-refractivity contribution in [2.45, 2.75) is 0 Å². The maximum Gasteiger partial charge on any atom is 0.323 e. The summed E-state index contributed by atoms with van der Waals surface area (Å²) in [5.41, 5.74) is 4.20. The molecule has 0 atom stereocenters. The van der Waals surface area contributed by atoms with Crippen molar-refractivity contribution in [2.75, 3.05) is 23.1 Å². The van der Waals surface area contributed by atoms with Gasteiger partial charge in [-0.25, -0.2) is 4.79 Å². The number of nitrogens with one attached hydrogen (secondary N) is 3. The molecule has 0 saturated carbocycles. The molecule has 0 spiro atoms. The van der Waals surface area contributed by atoms with Gasteiger partial charge in [0.1, 0.15) is 5.75 Å². The van der Waals surface area contributed by atoms with Crippen LogP contribution in [-0.4, -0.2) is 19.0 Å². The number of urea groups is 1. The first kappa shape index (κ1) is 18.3. The smallest absolute Gasteiger partial charge is 0.323 e. The Hall–Kier alpha value is -4.06. The number of carbonyl (C=O) groups is 2. The summed E-state index contributed by atoms with van der Waals surface area (Å²) >= 11 is 0. The highest BCUT2D eigenvalue weighted by Crippen LogP contribution is 2.35. The summed E-state index contributed by atoms with van der Waals surface area (Å²) in [5, 5.41) is 8.42. The summed E-state index contributed by atoms with van der Waals surface area (Å²) in [6.07, 6.45) is 1.84. The predicted molar refractivity (Wildman–Crippen MR) is 115 cm³/mol. The Morgan fingerprint density at radius 3 is 2.34 bits per heavy atom. The highest BCUT2D eigenvalue weighted by molar-refractivity contribution is 6.35. The molecule has 0 unspecified atom stereocenters. The van der Waals surface area contributed by atoms with Crippen LogP contribution in [0, 0.1) is 0 Å². The van der Waals surface area contributed by atoms with E-state index in [0.29, 0.717) is 22.7 Å². The molecule has 0 radical (unpaired) electrons. The Morgan fingerprint density at radius 2 is 1.62 bits per heavy atom. The van der Waals surface area contributed by atoms with Crippen LogP contribution in [0.1, 0.15) is 11.1 Å². The average Bonchev–Trinajstić information content (AvgIpc) is 3.04.